The number of aryl methyl sites for hydroxylation is 1. The molecule has 0 bridgehead atoms. The van der Waals surface area contributed by atoms with E-state index in [9.17, 15) is 5.11 Å². The highest BCUT2D eigenvalue weighted by Gasteiger charge is 2.16. The molecule has 3 aromatic rings. The Bertz CT molecular complexity index is 966. The fourth-order valence-corrected chi connectivity index (χ4v) is 4.18. The quantitative estimate of drug-likeness (QED) is 0.358. The van der Waals surface area contributed by atoms with Gasteiger partial charge >= 0.3 is 0 Å². The van der Waals surface area contributed by atoms with Crippen molar-refractivity contribution < 1.29 is 14.6 Å². The Morgan fingerprint density at radius 1 is 0.909 bits per heavy atom. The number of phenols is 1. The first-order valence-electron chi connectivity index (χ1n) is 12.2. The van der Waals surface area contributed by atoms with Crippen molar-refractivity contribution in [2.75, 3.05) is 6.61 Å². The van der Waals surface area contributed by atoms with E-state index in [2.05, 4.69) is 41.2 Å². The largest absolute Gasteiger partial charge is 0.508 e. The molecule has 0 aliphatic carbocycles. The molecule has 1 saturated heterocycles. The summed E-state index contributed by atoms with van der Waals surface area (Å²) in [5, 5.41) is 9.44. The van der Waals surface area contributed by atoms with Gasteiger partial charge in [0, 0.05) is 30.1 Å². The van der Waals surface area contributed by atoms with E-state index in [1.54, 1.807) is 12.1 Å². The average Bonchev–Trinajstić information content (AvgIpc) is 2.85. The van der Waals surface area contributed by atoms with Gasteiger partial charge in [-0.15, -0.1) is 0 Å². The number of hydrogen-bond donors (Lipinski definition) is 1. The first-order chi connectivity index (χ1) is 16.2. The van der Waals surface area contributed by atoms with Crippen LogP contribution >= 0.6 is 0 Å². The van der Waals surface area contributed by atoms with Crippen LogP contribution in [0.15, 0.2) is 60.9 Å². The van der Waals surface area contributed by atoms with E-state index in [0.717, 1.165) is 54.8 Å². The maximum atomic E-state index is 9.44. The molecule has 1 aromatic heterocycles. The Kier molecular flexibility index (Phi) is 8.45. The number of rotatable bonds is 10. The number of aromatic nitrogens is 2. The van der Waals surface area contributed by atoms with Crippen LogP contribution in [0.4, 0.5) is 0 Å². The Hall–Kier alpha value is -2.76. The first kappa shape index (κ1) is 23.4. The summed E-state index contributed by atoms with van der Waals surface area (Å²) in [5.41, 5.74) is 4.28. The van der Waals surface area contributed by atoms with E-state index in [-0.39, 0.29) is 18.1 Å². The number of phenolic OH excluding ortho intramolecular Hbond substituents is 1. The summed E-state index contributed by atoms with van der Waals surface area (Å²) in [6.45, 7) is 3.00. The molecular formula is C28H34N2O3. The fourth-order valence-electron chi connectivity index (χ4n) is 4.18. The third-order valence-corrected chi connectivity index (χ3v) is 6.16. The summed E-state index contributed by atoms with van der Waals surface area (Å²) in [4.78, 5) is 9.06. The molecule has 2 unspecified atom stereocenters. The maximum absolute atomic E-state index is 9.44. The van der Waals surface area contributed by atoms with Gasteiger partial charge in [-0.1, -0.05) is 49.2 Å². The predicted molar refractivity (Wildman–Crippen MR) is 131 cm³/mol. The lowest BCUT2D eigenvalue weighted by atomic mass is 10.0. The van der Waals surface area contributed by atoms with Crippen molar-refractivity contribution in [3.8, 4) is 28.3 Å². The number of nitrogens with zero attached hydrogens (tertiary/aromatic N) is 2. The van der Waals surface area contributed by atoms with Gasteiger partial charge in [0.05, 0.1) is 6.10 Å². The second kappa shape index (κ2) is 11.9. The van der Waals surface area contributed by atoms with E-state index in [1.165, 1.54) is 31.2 Å². The van der Waals surface area contributed by atoms with Crippen LogP contribution in [0, 0.1) is 0 Å². The highest BCUT2D eigenvalue weighted by Crippen LogP contribution is 2.23. The highest BCUT2D eigenvalue weighted by atomic mass is 16.7. The molecule has 33 heavy (non-hydrogen) atoms. The zero-order valence-corrected chi connectivity index (χ0v) is 19.5. The minimum Gasteiger partial charge on any atom is -0.508 e. The molecule has 0 spiro atoms. The smallest absolute Gasteiger partial charge is 0.159 e. The molecular weight excluding hydrogens is 412 g/mol. The topological polar surface area (TPSA) is 64.5 Å². The Morgan fingerprint density at radius 3 is 2.33 bits per heavy atom. The van der Waals surface area contributed by atoms with Crippen molar-refractivity contribution in [3.05, 3.63) is 66.5 Å². The summed E-state index contributed by atoms with van der Waals surface area (Å²) < 4.78 is 11.7. The molecule has 0 amide bonds. The molecule has 1 aliphatic rings. The average molecular weight is 447 g/mol. The zero-order chi connectivity index (χ0) is 22.9. The minimum atomic E-state index is 0.0141. The summed E-state index contributed by atoms with van der Waals surface area (Å²) >= 11 is 0. The second-order valence-corrected chi connectivity index (χ2v) is 8.88. The Morgan fingerprint density at radius 2 is 1.64 bits per heavy atom. The summed E-state index contributed by atoms with van der Waals surface area (Å²) in [5.74, 6) is 0.977. The van der Waals surface area contributed by atoms with Gasteiger partial charge < -0.3 is 14.6 Å². The molecule has 1 aliphatic heterocycles. The van der Waals surface area contributed by atoms with Crippen LogP contribution in [-0.4, -0.2) is 34.1 Å². The van der Waals surface area contributed by atoms with E-state index in [1.807, 2.05) is 24.5 Å². The van der Waals surface area contributed by atoms with Crippen molar-refractivity contribution in [3.63, 3.8) is 0 Å². The third-order valence-electron chi connectivity index (χ3n) is 6.16. The van der Waals surface area contributed by atoms with Gasteiger partial charge in [-0.25, -0.2) is 9.97 Å². The third kappa shape index (κ3) is 7.11. The molecule has 1 fully saturated rings. The molecule has 0 radical (unpaired) electrons. The summed E-state index contributed by atoms with van der Waals surface area (Å²) in [7, 11) is 0. The Balaban J connectivity index is 1.19. The lowest BCUT2D eigenvalue weighted by Crippen LogP contribution is -2.26. The van der Waals surface area contributed by atoms with Gasteiger partial charge in [-0.3, -0.25) is 0 Å². The van der Waals surface area contributed by atoms with Crippen molar-refractivity contribution in [1.82, 2.24) is 9.97 Å². The standard InChI is InChI=1S/C28H34N2O3/c1-21(33-27-9-5-6-18-32-27)7-3-2-4-8-22-10-12-24(13-11-22)28-29-19-25(20-30-28)23-14-16-26(31)17-15-23/h10-17,19-21,27,31H,2-9,18H2,1H3. The molecule has 5 nitrogen and oxygen atoms in total. The molecule has 5 heteroatoms. The number of unbranched alkanes of at least 4 members (excludes halogenated alkanes) is 2. The van der Waals surface area contributed by atoms with Crippen molar-refractivity contribution in [2.45, 2.75) is 70.7 Å². The first-order valence-corrected chi connectivity index (χ1v) is 12.2. The van der Waals surface area contributed by atoms with Gasteiger partial charge in [0.15, 0.2) is 12.1 Å². The number of ether oxygens (including phenoxy) is 2. The lowest BCUT2D eigenvalue weighted by molar-refractivity contribution is -0.185. The molecule has 2 atom stereocenters. The summed E-state index contributed by atoms with van der Waals surface area (Å²) in [6.07, 6.45) is 13.1. The van der Waals surface area contributed by atoms with Crippen LogP contribution in [0.3, 0.4) is 0 Å². The number of aromatic hydroxyl groups is 1. The number of hydrogen-bond acceptors (Lipinski definition) is 5. The SMILES string of the molecule is CC(CCCCCc1ccc(-c2ncc(-c3ccc(O)cc3)cn2)cc1)OC1CCCCO1. The van der Waals surface area contributed by atoms with Gasteiger partial charge in [0.2, 0.25) is 0 Å². The van der Waals surface area contributed by atoms with E-state index < -0.39 is 0 Å². The predicted octanol–water partition coefficient (Wildman–Crippen LogP) is 6.55. The zero-order valence-electron chi connectivity index (χ0n) is 19.5. The van der Waals surface area contributed by atoms with Crippen LogP contribution in [0.5, 0.6) is 5.75 Å². The van der Waals surface area contributed by atoms with Crippen LogP contribution in [0.1, 0.15) is 57.4 Å². The maximum Gasteiger partial charge on any atom is 0.159 e. The van der Waals surface area contributed by atoms with Crippen molar-refractivity contribution in [2.24, 2.45) is 0 Å². The molecule has 2 aromatic carbocycles. The van der Waals surface area contributed by atoms with Crippen LogP contribution in [0.2, 0.25) is 0 Å². The van der Waals surface area contributed by atoms with E-state index in [4.69, 9.17) is 9.47 Å². The highest BCUT2D eigenvalue weighted by molar-refractivity contribution is 5.64. The molecule has 0 saturated carbocycles. The normalized spacial score (nSPS) is 17.1. The van der Waals surface area contributed by atoms with Crippen LogP contribution in [-0.2, 0) is 15.9 Å². The molecule has 4 rings (SSSR count). The minimum absolute atomic E-state index is 0.0141. The lowest BCUT2D eigenvalue weighted by Gasteiger charge is -2.26. The Labute approximate surface area is 196 Å². The molecule has 1 N–H and O–H groups in total. The van der Waals surface area contributed by atoms with Gasteiger partial charge in [0.1, 0.15) is 5.75 Å². The molecule has 2 heterocycles. The van der Waals surface area contributed by atoms with Crippen molar-refractivity contribution in [1.29, 1.82) is 0 Å². The van der Waals surface area contributed by atoms with E-state index >= 15 is 0 Å². The monoisotopic (exact) mass is 446 g/mol. The van der Waals surface area contributed by atoms with E-state index in [0.29, 0.717) is 0 Å². The van der Waals surface area contributed by atoms with Gasteiger partial charge in [-0.05, 0) is 68.7 Å². The van der Waals surface area contributed by atoms with Gasteiger partial charge in [-0.2, -0.15) is 0 Å². The van der Waals surface area contributed by atoms with Crippen LogP contribution < -0.4 is 0 Å². The number of benzene rings is 2. The second-order valence-electron chi connectivity index (χ2n) is 8.88. The van der Waals surface area contributed by atoms with Crippen LogP contribution in [0.25, 0.3) is 22.5 Å². The summed E-state index contributed by atoms with van der Waals surface area (Å²) in [6, 6.07) is 15.6. The molecule has 174 valence electrons. The van der Waals surface area contributed by atoms with Crippen molar-refractivity contribution >= 4 is 0 Å². The fraction of sp³-hybridized carbons (Fsp3) is 0.429. The van der Waals surface area contributed by atoms with Gasteiger partial charge in [0.25, 0.3) is 0 Å².